The third kappa shape index (κ3) is 3.51. The molecule has 46 heavy (non-hydrogen) atoms. The summed E-state index contributed by atoms with van der Waals surface area (Å²) in [4.78, 5) is 0. The predicted molar refractivity (Wildman–Crippen MR) is 205 cm³/mol. The predicted octanol–water partition coefficient (Wildman–Crippen LogP) is 10.9. The average molecular weight is 601 g/mol. The van der Waals surface area contributed by atoms with E-state index in [1.807, 2.05) is 0 Å². The summed E-state index contributed by atoms with van der Waals surface area (Å²) < 4.78 is 0. The van der Waals surface area contributed by atoms with Crippen molar-refractivity contribution >= 4 is 93.7 Å². The lowest BCUT2D eigenvalue weighted by Crippen LogP contribution is -2.27. The molecule has 10 aromatic rings. The third-order valence-electron chi connectivity index (χ3n) is 10.2. The summed E-state index contributed by atoms with van der Waals surface area (Å²) in [5.41, 5.74) is 2.45. The van der Waals surface area contributed by atoms with Crippen molar-refractivity contribution in [3.8, 4) is 11.1 Å². The van der Waals surface area contributed by atoms with Crippen molar-refractivity contribution in [3.63, 3.8) is 0 Å². The second kappa shape index (κ2) is 9.54. The summed E-state index contributed by atoms with van der Waals surface area (Å²) in [6.45, 7) is -2.44. The summed E-state index contributed by atoms with van der Waals surface area (Å²) in [6.07, 6.45) is 5.39. The molecule has 0 aliphatic carbocycles. The average Bonchev–Trinajstić information content (AvgIpc) is 3.13. The van der Waals surface area contributed by atoms with Crippen LogP contribution in [-0.4, -0.2) is 6.30 Å². The van der Waals surface area contributed by atoms with Gasteiger partial charge in [-0.05, 0) is 105 Å². The quantitative estimate of drug-likeness (QED) is 0.139. The molecule has 0 aliphatic rings. The number of hydrogen-bond donors (Lipinski definition) is 0. The van der Waals surface area contributed by atoms with E-state index in [9.17, 15) is 0 Å². The van der Waals surface area contributed by atoms with Gasteiger partial charge < -0.3 is 0 Å². The van der Waals surface area contributed by atoms with Crippen molar-refractivity contribution in [2.24, 2.45) is 0 Å². The van der Waals surface area contributed by atoms with Crippen LogP contribution in [0, 0.1) is 0 Å². The SMILES string of the molecule is C=P(c1cccc(-c2ccccc2)c1)(c1ccc2ccc3cccc4ccc1c2c34)c1ccc2ccc3cccc4ccc1c2c34. The van der Waals surface area contributed by atoms with Gasteiger partial charge in [0.2, 0.25) is 0 Å². The van der Waals surface area contributed by atoms with Crippen LogP contribution in [0.2, 0.25) is 0 Å². The molecular weight excluding hydrogens is 571 g/mol. The molecule has 0 saturated heterocycles. The van der Waals surface area contributed by atoms with Crippen molar-refractivity contribution in [2.45, 2.75) is 0 Å². The smallest absolute Gasteiger partial charge is 0.00202 e. The van der Waals surface area contributed by atoms with Crippen LogP contribution in [0.4, 0.5) is 0 Å². The molecule has 1 heteroatoms. The molecule has 0 N–H and O–H groups in total. The fourth-order valence-corrected chi connectivity index (χ4v) is 11.4. The molecule has 0 aromatic heterocycles. The van der Waals surface area contributed by atoms with Gasteiger partial charge in [-0.15, -0.1) is 0 Å². The van der Waals surface area contributed by atoms with Crippen molar-refractivity contribution in [1.82, 2.24) is 0 Å². The van der Waals surface area contributed by atoms with Gasteiger partial charge in [-0.25, -0.2) is 0 Å². The Hall–Kier alpha value is -5.42. The van der Waals surface area contributed by atoms with E-state index in [-0.39, 0.29) is 0 Å². The Kier molecular flexibility index (Phi) is 5.36. The van der Waals surface area contributed by atoms with Gasteiger partial charge in [0.05, 0.1) is 0 Å². The van der Waals surface area contributed by atoms with Crippen LogP contribution < -0.4 is 15.9 Å². The van der Waals surface area contributed by atoms with E-state index < -0.39 is 6.89 Å². The van der Waals surface area contributed by atoms with Crippen molar-refractivity contribution in [2.75, 3.05) is 0 Å². The van der Waals surface area contributed by atoms with Gasteiger partial charge in [-0.3, -0.25) is 0 Å². The van der Waals surface area contributed by atoms with E-state index in [2.05, 4.69) is 164 Å². The molecular formula is C45H29P. The first kappa shape index (κ1) is 25.9. The van der Waals surface area contributed by atoms with E-state index in [1.54, 1.807) is 0 Å². The highest BCUT2D eigenvalue weighted by molar-refractivity contribution is 7.94. The normalized spacial score (nSPS) is 12.4. The summed E-state index contributed by atoms with van der Waals surface area (Å²) in [5, 5.41) is 19.7. The molecule has 0 atom stereocenters. The van der Waals surface area contributed by atoms with E-state index in [4.69, 9.17) is 6.30 Å². The lowest BCUT2D eigenvalue weighted by atomic mass is 9.94. The van der Waals surface area contributed by atoms with Crippen molar-refractivity contribution < 1.29 is 0 Å². The number of hydrogen-bond acceptors (Lipinski definition) is 0. The summed E-state index contributed by atoms with van der Waals surface area (Å²) in [6, 6.07) is 61.1. The Labute approximate surface area is 267 Å². The van der Waals surface area contributed by atoms with Gasteiger partial charge >= 0.3 is 0 Å². The highest BCUT2D eigenvalue weighted by atomic mass is 31.2. The van der Waals surface area contributed by atoms with Gasteiger partial charge in [0.1, 0.15) is 0 Å². The topological polar surface area (TPSA) is 0 Å². The van der Waals surface area contributed by atoms with Gasteiger partial charge in [0.25, 0.3) is 0 Å². The Morgan fingerprint density at radius 2 is 0.739 bits per heavy atom. The highest BCUT2D eigenvalue weighted by Gasteiger charge is 2.28. The molecule has 0 spiro atoms. The van der Waals surface area contributed by atoms with Crippen LogP contribution in [0.25, 0.3) is 75.8 Å². The summed E-state index contributed by atoms with van der Waals surface area (Å²) >= 11 is 0. The van der Waals surface area contributed by atoms with Gasteiger partial charge in [0, 0.05) is 0 Å². The second-order valence-corrected chi connectivity index (χ2v) is 15.7. The largest absolute Gasteiger partial charge is 0.0886 e. The Morgan fingerprint density at radius 3 is 1.26 bits per heavy atom. The first-order valence-electron chi connectivity index (χ1n) is 15.9. The zero-order valence-corrected chi connectivity index (χ0v) is 26.1. The molecule has 0 bridgehead atoms. The van der Waals surface area contributed by atoms with Gasteiger partial charge in [-0.1, -0.05) is 164 Å². The van der Waals surface area contributed by atoms with Gasteiger partial charge in [-0.2, -0.15) is 0 Å². The highest BCUT2D eigenvalue weighted by Crippen LogP contribution is 2.49. The minimum Gasteiger partial charge on any atom is -0.0886 e. The molecule has 214 valence electrons. The van der Waals surface area contributed by atoms with Crippen LogP contribution in [0.5, 0.6) is 0 Å². The third-order valence-corrected chi connectivity index (χ3v) is 13.8. The Morgan fingerprint density at radius 1 is 0.326 bits per heavy atom. The molecule has 0 heterocycles. The van der Waals surface area contributed by atoms with Crippen LogP contribution in [-0.2, 0) is 0 Å². The molecule has 0 fully saturated rings. The fourth-order valence-electron chi connectivity index (χ4n) is 8.07. The number of benzene rings is 10. The van der Waals surface area contributed by atoms with Crippen LogP contribution >= 0.6 is 6.89 Å². The summed E-state index contributed by atoms with van der Waals surface area (Å²) in [5.74, 6) is 0. The standard InChI is InChI=1S/C45H29P/c1-46(37-15-7-14-36(28-37)29-8-3-2-4-9-29,40-26-22-34-18-16-30-10-5-12-32-20-24-38(40)44(34)42(30)32)41-27-23-35-19-17-31-11-6-13-33-21-25-39(41)45(35)43(31)33/h2-28H,1H2. The van der Waals surface area contributed by atoms with Crippen LogP contribution in [0.15, 0.2) is 164 Å². The maximum Gasteiger partial charge on any atom is -0.00202 e. The Bertz CT molecular complexity index is 2640. The summed E-state index contributed by atoms with van der Waals surface area (Å²) in [7, 11) is 0. The minimum atomic E-state index is -2.44. The Balaban J connectivity index is 1.36. The maximum atomic E-state index is 5.39. The van der Waals surface area contributed by atoms with E-state index in [0.29, 0.717) is 0 Å². The molecule has 10 rings (SSSR count). The van der Waals surface area contributed by atoms with E-state index in [1.165, 1.54) is 91.7 Å². The van der Waals surface area contributed by atoms with Crippen LogP contribution in [0.3, 0.4) is 0 Å². The first-order valence-corrected chi connectivity index (χ1v) is 17.9. The van der Waals surface area contributed by atoms with E-state index >= 15 is 0 Å². The molecule has 0 aliphatic heterocycles. The van der Waals surface area contributed by atoms with Crippen LogP contribution in [0.1, 0.15) is 0 Å². The second-order valence-electron chi connectivity index (χ2n) is 12.6. The van der Waals surface area contributed by atoms with Crippen molar-refractivity contribution in [3.05, 3.63) is 164 Å². The number of rotatable bonds is 4. The molecule has 10 aromatic carbocycles. The van der Waals surface area contributed by atoms with Crippen molar-refractivity contribution in [1.29, 1.82) is 0 Å². The molecule has 0 amide bonds. The molecule has 0 radical (unpaired) electrons. The van der Waals surface area contributed by atoms with E-state index in [0.717, 1.165) is 0 Å². The first-order chi connectivity index (χ1) is 22.7. The zero-order valence-electron chi connectivity index (χ0n) is 25.2. The lowest BCUT2D eigenvalue weighted by molar-refractivity contribution is 1.64. The molecule has 0 nitrogen and oxygen atoms in total. The maximum absolute atomic E-state index is 5.39. The minimum absolute atomic E-state index is 1.22. The lowest BCUT2D eigenvalue weighted by Gasteiger charge is -2.31. The zero-order chi connectivity index (χ0) is 30.4. The molecule has 0 unspecified atom stereocenters. The van der Waals surface area contributed by atoms with Gasteiger partial charge in [0.15, 0.2) is 0 Å². The molecule has 0 saturated carbocycles. The monoisotopic (exact) mass is 600 g/mol. The fraction of sp³-hybridized carbons (Fsp3) is 0.